The van der Waals surface area contributed by atoms with Crippen LogP contribution in [-0.2, 0) is 27.5 Å². The lowest BCUT2D eigenvalue weighted by atomic mass is 10.3. The van der Waals surface area contributed by atoms with Crippen molar-refractivity contribution in [3.8, 4) is 0 Å². The van der Waals surface area contributed by atoms with Crippen LogP contribution in [0.25, 0.3) is 11.0 Å². The van der Waals surface area contributed by atoms with Crippen molar-refractivity contribution in [2.24, 2.45) is 0 Å². The third-order valence-corrected chi connectivity index (χ3v) is 6.25. The average molecular weight is 458 g/mol. The Morgan fingerprint density at radius 1 is 1.13 bits per heavy atom. The fourth-order valence-electron chi connectivity index (χ4n) is 2.89. The van der Waals surface area contributed by atoms with Gasteiger partial charge in [-0.15, -0.1) is 0 Å². The summed E-state index contributed by atoms with van der Waals surface area (Å²) < 4.78 is 79.8. The Morgan fingerprint density at radius 2 is 1.77 bits per heavy atom. The van der Waals surface area contributed by atoms with E-state index in [0.717, 1.165) is 27.1 Å². The first kappa shape index (κ1) is 22.7. The number of halogens is 4. The summed E-state index contributed by atoms with van der Waals surface area (Å²) in [6.45, 7) is -0.349. The van der Waals surface area contributed by atoms with Gasteiger partial charge >= 0.3 is 6.18 Å². The van der Waals surface area contributed by atoms with Gasteiger partial charge in [0, 0.05) is 32.7 Å². The first-order chi connectivity index (χ1) is 14.4. The summed E-state index contributed by atoms with van der Waals surface area (Å²) in [5.41, 5.74) is 0.185. The highest BCUT2D eigenvalue weighted by Crippen LogP contribution is 2.32. The lowest BCUT2D eigenvalue weighted by Crippen LogP contribution is -2.22. The third kappa shape index (κ3) is 4.85. The van der Waals surface area contributed by atoms with Crippen LogP contribution in [0.4, 0.5) is 23.2 Å². The van der Waals surface area contributed by atoms with E-state index in [9.17, 15) is 30.8 Å². The van der Waals surface area contributed by atoms with Gasteiger partial charge in [0.15, 0.2) is 0 Å². The van der Waals surface area contributed by atoms with Crippen LogP contribution < -0.4 is 5.32 Å². The molecule has 166 valence electrons. The minimum absolute atomic E-state index is 0.0413. The smallest absolute Gasteiger partial charge is 0.326 e. The average Bonchev–Trinajstić information content (AvgIpc) is 3.06. The Kier molecular flexibility index (Phi) is 6.05. The summed E-state index contributed by atoms with van der Waals surface area (Å²) in [6, 6.07) is 8.41. The molecule has 0 saturated heterocycles. The van der Waals surface area contributed by atoms with Crippen molar-refractivity contribution in [2.45, 2.75) is 24.0 Å². The second kappa shape index (κ2) is 8.27. The number of amides is 1. The van der Waals surface area contributed by atoms with Crippen molar-refractivity contribution in [3.63, 3.8) is 0 Å². The van der Waals surface area contributed by atoms with Gasteiger partial charge in [0.25, 0.3) is 0 Å². The van der Waals surface area contributed by atoms with E-state index >= 15 is 0 Å². The molecule has 0 aliphatic heterocycles. The highest BCUT2D eigenvalue weighted by Gasteiger charge is 2.38. The van der Waals surface area contributed by atoms with Crippen LogP contribution in [0.15, 0.2) is 47.4 Å². The van der Waals surface area contributed by atoms with Crippen molar-refractivity contribution in [2.75, 3.05) is 19.4 Å². The van der Waals surface area contributed by atoms with Crippen molar-refractivity contribution in [1.29, 1.82) is 0 Å². The second-order valence-electron chi connectivity index (χ2n) is 6.83. The van der Waals surface area contributed by atoms with Gasteiger partial charge in [-0.3, -0.25) is 4.79 Å². The van der Waals surface area contributed by atoms with Crippen LogP contribution in [0.2, 0.25) is 0 Å². The molecule has 3 aromatic rings. The number of alkyl halides is 3. The summed E-state index contributed by atoms with van der Waals surface area (Å²) in [4.78, 5) is 15.5. The molecule has 1 heterocycles. The SMILES string of the molecule is CN(C)S(=O)(=O)c1ccc2c(c1)nc(C(F)(F)F)n2CCC(=O)Nc1ccc(F)cc1. The van der Waals surface area contributed by atoms with E-state index in [1.54, 1.807) is 0 Å². The molecule has 31 heavy (non-hydrogen) atoms. The van der Waals surface area contributed by atoms with Gasteiger partial charge in [-0.2, -0.15) is 13.2 Å². The van der Waals surface area contributed by atoms with Crippen LogP contribution in [-0.4, -0.2) is 42.3 Å². The topological polar surface area (TPSA) is 84.3 Å². The number of hydrogen-bond acceptors (Lipinski definition) is 4. The molecule has 1 N–H and O–H groups in total. The van der Waals surface area contributed by atoms with Crippen LogP contribution in [0, 0.1) is 5.82 Å². The number of aromatic nitrogens is 2. The fourth-order valence-corrected chi connectivity index (χ4v) is 3.82. The molecule has 0 aliphatic carbocycles. The lowest BCUT2D eigenvalue weighted by molar-refractivity contribution is -0.147. The third-order valence-electron chi connectivity index (χ3n) is 4.44. The Balaban J connectivity index is 1.91. The molecule has 7 nitrogen and oxygen atoms in total. The Bertz CT molecular complexity index is 1220. The van der Waals surface area contributed by atoms with Crippen LogP contribution in [0.5, 0.6) is 0 Å². The number of rotatable bonds is 6. The van der Waals surface area contributed by atoms with E-state index in [2.05, 4.69) is 10.3 Å². The highest BCUT2D eigenvalue weighted by molar-refractivity contribution is 7.89. The number of hydrogen-bond donors (Lipinski definition) is 1. The van der Waals surface area contributed by atoms with Gasteiger partial charge in [-0.05, 0) is 42.5 Å². The minimum atomic E-state index is -4.81. The minimum Gasteiger partial charge on any atom is -0.326 e. The van der Waals surface area contributed by atoms with E-state index < -0.39 is 33.7 Å². The normalized spacial score (nSPS) is 12.5. The van der Waals surface area contributed by atoms with Gasteiger partial charge in [0.1, 0.15) is 5.82 Å². The number of anilines is 1. The zero-order valence-corrected chi connectivity index (χ0v) is 17.3. The fraction of sp³-hybridized carbons (Fsp3) is 0.263. The number of carbonyl (C=O) groups excluding carboxylic acids is 1. The lowest BCUT2D eigenvalue weighted by Gasteiger charge is -2.12. The maximum absolute atomic E-state index is 13.5. The Hall–Kier alpha value is -2.99. The van der Waals surface area contributed by atoms with E-state index in [0.29, 0.717) is 5.69 Å². The largest absolute Gasteiger partial charge is 0.449 e. The van der Waals surface area contributed by atoms with Gasteiger partial charge in [0.05, 0.1) is 15.9 Å². The molecule has 2 aromatic carbocycles. The predicted octanol–water partition coefficient (Wildman–Crippen LogP) is 3.47. The number of nitrogens with zero attached hydrogens (tertiary/aromatic N) is 3. The molecule has 0 spiro atoms. The Morgan fingerprint density at radius 3 is 2.35 bits per heavy atom. The summed E-state index contributed by atoms with van der Waals surface area (Å²) in [5, 5.41) is 2.47. The van der Waals surface area contributed by atoms with Crippen LogP contribution in [0.1, 0.15) is 12.2 Å². The maximum atomic E-state index is 13.5. The molecule has 12 heteroatoms. The molecular weight excluding hydrogens is 440 g/mol. The van der Waals surface area contributed by atoms with Crippen molar-refractivity contribution < 1.29 is 30.8 Å². The number of sulfonamides is 1. The maximum Gasteiger partial charge on any atom is 0.449 e. The zero-order valence-electron chi connectivity index (χ0n) is 16.4. The molecule has 0 atom stereocenters. The number of carbonyl (C=O) groups is 1. The summed E-state index contributed by atoms with van der Waals surface area (Å²) in [6.07, 6.45) is -5.13. The number of benzene rings is 2. The molecule has 1 aromatic heterocycles. The first-order valence-electron chi connectivity index (χ1n) is 8.95. The van der Waals surface area contributed by atoms with Crippen molar-refractivity contribution in [1.82, 2.24) is 13.9 Å². The van der Waals surface area contributed by atoms with Gasteiger partial charge in [0.2, 0.25) is 21.8 Å². The van der Waals surface area contributed by atoms with E-state index in [4.69, 9.17) is 0 Å². The zero-order chi connectivity index (χ0) is 23.0. The van der Waals surface area contributed by atoms with E-state index in [-0.39, 0.29) is 28.9 Å². The van der Waals surface area contributed by atoms with E-state index in [1.165, 1.54) is 38.4 Å². The summed E-state index contributed by atoms with van der Waals surface area (Å²) >= 11 is 0. The highest BCUT2D eigenvalue weighted by atomic mass is 32.2. The molecule has 1 amide bonds. The number of fused-ring (bicyclic) bond motifs is 1. The Labute approximate surface area is 175 Å². The molecule has 0 aliphatic rings. The molecule has 0 fully saturated rings. The molecule has 0 radical (unpaired) electrons. The van der Waals surface area contributed by atoms with Gasteiger partial charge in [-0.1, -0.05) is 0 Å². The molecule has 0 unspecified atom stereocenters. The van der Waals surface area contributed by atoms with Crippen molar-refractivity contribution >= 4 is 32.7 Å². The second-order valence-corrected chi connectivity index (χ2v) is 8.98. The molecule has 0 bridgehead atoms. The summed E-state index contributed by atoms with van der Waals surface area (Å²) in [7, 11) is -1.25. The van der Waals surface area contributed by atoms with Gasteiger partial charge < -0.3 is 9.88 Å². The molecule has 0 saturated carbocycles. The monoisotopic (exact) mass is 458 g/mol. The summed E-state index contributed by atoms with van der Waals surface area (Å²) in [5.74, 6) is -2.31. The van der Waals surface area contributed by atoms with Crippen molar-refractivity contribution in [3.05, 3.63) is 54.1 Å². The number of imidazole rings is 1. The van der Waals surface area contributed by atoms with E-state index in [1.807, 2.05) is 0 Å². The standard InChI is InChI=1S/C19H18F4N4O3S/c1-26(2)31(29,30)14-7-8-16-15(11-14)25-18(19(21,22)23)27(16)10-9-17(28)24-13-5-3-12(20)4-6-13/h3-8,11H,9-10H2,1-2H3,(H,24,28). The first-order valence-corrected chi connectivity index (χ1v) is 10.4. The quantitative estimate of drug-likeness (QED) is 0.574. The number of nitrogens with one attached hydrogen (secondary N) is 1. The predicted molar refractivity (Wildman–Crippen MR) is 105 cm³/mol. The molecular formula is C19H18F4N4O3S. The number of aryl methyl sites for hydroxylation is 1. The van der Waals surface area contributed by atoms with Gasteiger partial charge in [-0.25, -0.2) is 22.1 Å². The molecule has 3 rings (SSSR count). The van der Waals surface area contributed by atoms with Crippen LogP contribution >= 0.6 is 0 Å². The van der Waals surface area contributed by atoms with Crippen LogP contribution in [0.3, 0.4) is 0 Å².